The van der Waals surface area contributed by atoms with E-state index in [0.717, 1.165) is 39.1 Å². The fourth-order valence-corrected chi connectivity index (χ4v) is 6.68. The normalized spacial score (nSPS) is 42.4. The van der Waals surface area contributed by atoms with E-state index in [0.29, 0.717) is 47.8 Å². The lowest BCUT2D eigenvalue weighted by Gasteiger charge is -2.49. The fourth-order valence-electron chi connectivity index (χ4n) is 6.68. The van der Waals surface area contributed by atoms with Crippen molar-refractivity contribution < 1.29 is 14.3 Å². The first-order valence-electron chi connectivity index (χ1n) is 11.5. The standard InChI is InChI=1S/C22H35N3O3/c1-3-28-21(27)23-9-7-22(14-23)10-16(11-22)24-12-17-18(13-24)19(17)20(26)25-8-5-4-6-15(25)2/h15-19H,3-14H2,1-2H3/t15-,16?,17-,18+,19-,22?/m0/s1. The van der Waals surface area contributed by atoms with E-state index >= 15 is 0 Å². The van der Waals surface area contributed by atoms with Crippen molar-refractivity contribution in [1.29, 1.82) is 0 Å². The number of carbonyl (C=O) groups is 2. The summed E-state index contributed by atoms with van der Waals surface area (Å²) in [6.45, 7) is 9.47. The van der Waals surface area contributed by atoms with Crippen molar-refractivity contribution in [3.8, 4) is 0 Å². The Balaban J connectivity index is 1.09. The van der Waals surface area contributed by atoms with E-state index in [2.05, 4.69) is 16.7 Å². The molecule has 4 atom stereocenters. The number of fused-ring (bicyclic) bond motifs is 1. The molecule has 0 radical (unpaired) electrons. The van der Waals surface area contributed by atoms with Crippen molar-refractivity contribution in [1.82, 2.24) is 14.7 Å². The van der Waals surface area contributed by atoms with Gasteiger partial charge < -0.3 is 14.5 Å². The van der Waals surface area contributed by atoms with Gasteiger partial charge in [-0.1, -0.05) is 0 Å². The van der Waals surface area contributed by atoms with Crippen LogP contribution in [0.1, 0.15) is 52.4 Å². The number of hydrogen-bond donors (Lipinski definition) is 0. The maximum Gasteiger partial charge on any atom is 0.409 e. The third kappa shape index (κ3) is 3.03. The van der Waals surface area contributed by atoms with Crippen LogP contribution in [0, 0.1) is 23.2 Å². The molecule has 2 amide bonds. The molecule has 5 rings (SSSR count). The number of amides is 2. The molecular formula is C22H35N3O3. The van der Waals surface area contributed by atoms with Gasteiger partial charge in [0.15, 0.2) is 0 Å². The zero-order valence-electron chi connectivity index (χ0n) is 17.4. The number of piperidine rings is 2. The fraction of sp³-hybridized carbons (Fsp3) is 0.909. The predicted octanol–water partition coefficient (Wildman–Crippen LogP) is 2.58. The molecule has 3 saturated heterocycles. The van der Waals surface area contributed by atoms with Crippen LogP contribution in [-0.2, 0) is 9.53 Å². The summed E-state index contributed by atoms with van der Waals surface area (Å²) in [6.07, 6.45) is 7.03. The summed E-state index contributed by atoms with van der Waals surface area (Å²) in [5.74, 6) is 1.99. The number of hydrogen-bond acceptors (Lipinski definition) is 4. The first-order chi connectivity index (χ1) is 13.5. The van der Waals surface area contributed by atoms with Gasteiger partial charge in [-0.2, -0.15) is 0 Å². The molecule has 0 aromatic carbocycles. The van der Waals surface area contributed by atoms with Crippen LogP contribution in [0.25, 0.3) is 0 Å². The molecular weight excluding hydrogens is 354 g/mol. The average Bonchev–Trinajstić information content (AvgIpc) is 3.00. The lowest BCUT2D eigenvalue weighted by atomic mass is 9.64. The summed E-state index contributed by atoms with van der Waals surface area (Å²) in [5, 5.41) is 0. The van der Waals surface area contributed by atoms with Gasteiger partial charge in [0.1, 0.15) is 0 Å². The Hall–Kier alpha value is -1.30. The highest BCUT2D eigenvalue weighted by molar-refractivity contribution is 5.83. The van der Waals surface area contributed by atoms with Gasteiger partial charge in [-0.15, -0.1) is 0 Å². The van der Waals surface area contributed by atoms with E-state index in [4.69, 9.17) is 4.74 Å². The monoisotopic (exact) mass is 389 g/mol. The van der Waals surface area contributed by atoms with E-state index in [1.165, 1.54) is 32.1 Å². The highest BCUT2D eigenvalue weighted by atomic mass is 16.6. The Morgan fingerprint density at radius 2 is 1.86 bits per heavy atom. The molecule has 156 valence electrons. The van der Waals surface area contributed by atoms with Gasteiger partial charge in [0, 0.05) is 50.7 Å². The molecule has 3 heterocycles. The zero-order valence-corrected chi connectivity index (χ0v) is 17.4. The van der Waals surface area contributed by atoms with Crippen LogP contribution in [0.15, 0.2) is 0 Å². The van der Waals surface area contributed by atoms with Crippen LogP contribution in [0.2, 0.25) is 0 Å². The molecule has 0 aromatic rings. The smallest absolute Gasteiger partial charge is 0.409 e. The Morgan fingerprint density at radius 3 is 2.54 bits per heavy atom. The second-order valence-electron chi connectivity index (χ2n) is 10.1. The topological polar surface area (TPSA) is 53.1 Å². The number of likely N-dealkylation sites (tertiary alicyclic amines) is 3. The van der Waals surface area contributed by atoms with Crippen LogP contribution >= 0.6 is 0 Å². The Kier molecular flexibility index (Phi) is 4.61. The number of nitrogens with zero attached hydrogens (tertiary/aromatic N) is 3. The quantitative estimate of drug-likeness (QED) is 0.744. The van der Waals surface area contributed by atoms with Gasteiger partial charge in [-0.3, -0.25) is 9.69 Å². The van der Waals surface area contributed by atoms with E-state index in [9.17, 15) is 9.59 Å². The molecule has 0 unspecified atom stereocenters. The minimum atomic E-state index is -0.140. The second-order valence-corrected chi connectivity index (χ2v) is 10.1. The molecule has 0 bridgehead atoms. The van der Waals surface area contributed by atoms with Gasteiger partial charge in [0.05, 0.1) is 6.61 Å². The molecule has 28 heavy (non-hydrogen) atoms. The summed E-state index contributed by atoms with van der Waals surface area (Å²) >= 11 is 0. The minimum Gasteiger partial charge on any atom is -0.450 e. The molecule has 0 aromatic heterocycles. The maximum atomic E-state index is 13.0. The summed E-state index contributed by atoms with van der Waals surface area (Å²) in [6, 6.07) is 1.11. The maximum absolute atomic E-state index is 13.0. The van der Waals surface area contributed by atoms with Crippen LogP contribution in [0.3, 0.4) is 0 Å². The van der Waals surface area contributed by atoms with E-state index < -0.39 is 0 Å². The van der Waals surface area contributed by atoms with Crippen molar-refractivity contribution in [3.63, 3.8) is 0 Å². The first kappa shape index (κ1) is 18.7. The van der Waals surface area contributed by atoms with Crippen molar-refractivity contribution in [2.75, 3.05) is 39.3 Å². The van der Waals surface area contributed by atoms with E-state index in [-0.39, 0.29) is 6.09 Å². The van der Waals surface area contributed by atoms with Crippen molar-refractivity contribution in [2.24, 2.45) is 23.2 Å². The van der Waals surface area contributed by atoms with Crippen LogP contribution in [0.4, 0.5) is 4.79 Å². The lowest BCUT2D eigenvalue weighted by molar-refractivity contribution is -0.137. The minimum absolute atomic E-state index is 0.140. The Bertz CT molecular complexity index is 635. The summed E-state index contributed by atoms with van der Waals surface area (Å²) < 4.78 is 5.17. The molecule has 3 aliphatic heterocycles. The van der Waals surface area contributed by atoms with E-state index in [1.54, 1.807) is 0 Å². The number of rotatable bonds is 3. The van der Waals surface area contributed by atoms with Gasteiger partial charge >= 0.3 is 6.09 Å². The van der Waals surface area contributed by atoms with Gasteiger partial charge in [-0.25, -0.2) is 4.79 Å². The second kappa shape index (κ2) is 6.89. The molecule has 6 heteroatoms. The molecule has 2 saturated carbocycles. The predicted molar refractivity (Wildman–Crippen MR) is 106 cm³/mol. The summed E-state index contributed by atoms with van der Waals surface area (Å²) in [4.78, 5) is 31.7. The van der Waals surface area contributed by atoms with Crippen LogP contribution < -0.4 is 0 Å². The molecule has 1 spiro atoms. The molecule has 5 fully saturated rings. The number of ether oxygens (including phenoxy) is 1. The summed E-state index contributed by atoms with van der Waals surface area (Å²) in [5.41, 5.74) is 0.336. The van der Waals surface area contributed by atoms with Gasteiger partial charge in [-0.05, 0) is 69.6 Å². The Morgan fingerprint density at radius 1 is 1.11 bits per heavy atom. The highest BCUT2D eigenvalue weighted by Crippen LogP contribution is 2.57. The van der Waals surface area contributed by atoms with Gasteiger partial charge in [0.2, 0.25) is 5.91 Å². The Labute approximate surface area is 168 Å². The number of carbonyl (C=O) groups excluding carboxylic acids is 2. The summed E-state index contributed by atoms with van der Waals surface area (Å²) in [7, 11) is 0. The highest BCUT2D eigenvalue weighted by Gasteiger charge is 2.63. The first-order valence-corrected chi connectivity index (χ1v) is 11.5. The zero-order chi connectivity index (χ0) is 19.5. The van der Waals surface area contributed by atoms with Crippen molar-refractivity contribution in [3.05, 3.63) is 0 Å². The third-order valence-electron chi connectivity index (χ3n) is 8.41. The van der Waals surface area contributed by atoms with Crippen LogP contribution in [0.5, 0.6) is 0 Å². The largest absolute Gasteiger partial charge is 0.450 e. The molecule has 0 N–H and O–H groups in total. The van der Waals surface area contributed by atoms with Gasteiger partial charge in [0.25, 0.3) is 0 Å². The van der Waals surface area contributed by atoms with E-state index in [1.807, 2.05) is 11.8 Å². The SMILES string of the molecule is CCOC(=O)N1CCC2(CC(N3C[C@@H]4[C@H](C3)[C@@H]4C(=O)N3CCCC[C@@H]3C)C2)C1. The van der Waals surface area contributed by atoms with Crippen LogP contribution in [-0.4, -0.2) is 78.1 Å². The van der Waals surface area contributed by atoms with Crippen molar-refractivity contribution >= 4 is 12.0 Å². The average molecular weight is 390 g/mol. The molecule has 2 aliphatic carbocycles. The third-order valence-corrected chi connectivity index (χ3v) is 8.41. The molecule has 6 nitrogen and oxygen atoms in total. The van der Waals surface area contributed by atoms with Crippen molar-refractivity contribution in [2.45, 2.75) is 64.5 Å². The lowest BCUT2D eigenvalue weighted by Crippen LogP contribution is -2.52. The molecule has 5 aliphatic rings.